The molecule has 6 nitrogen and oxygen atoms in total. The first-order valence-electron chi connectivity index (χ1n) is 11.5. The summed E-state index contributed by atoms with van der Waals surface area (Å²) in [6.07, 6.45) is 4.53. The molecule has 6 heteroatoms. The maximum atomic E-state index is 12.3. The molecule has 2 aromatic carbocycles. The van der Waals surface area contributed by atoms with E-state index in [2.05, 4.69) is 54.3 Å². The van der Waals surface area contributed by atoms with E-state index in [1.807, 2.05) is 0 Å². The van der Waals surface area contributed by atoms with Gasteiger partial charge in [-0.15, -0.1) is 0 Å². The van der Waals surface area contributed by atoms with Gasteiger partial charge in [0, 0.05) is 25.7 Å². The van der Waals surface area contributed by atoms with Crippen LogP contribution in [0.15, 0.2) is 42.5 Å². The molecule has 2 heterocycles. The zero-order valence-electron chi connectivity index (χ0n) is 18.8. The average Bonchev–Trinajstić information content (AvgIpc) is 3.21. The van der Waals surface area contributed by atoms with Crippen LogP contribution in [0.4, 0.5) is 0 Å². The lowest BCUT2D eigenvalue weighted by atomic mass is 9.94. The van der Waals surface area contributed by atoms with Crippen LogP contribution in [-0.4, -0.2) is 65.7 Å². The van der Waals surface area contributed by atoms with Gasteiger partial charge in [0.1, 0.15) is 13.2 Å². The molecule has 2 aliphatic heterocycles. The minimum Gasteiger partial charge on any atom is -0.480 e. The Morgan fingerprint density at radius 1 is 1.03 bits per heavy atom. The van der Waals surface area contributed by atoms with Gasteiger partial charge in [0.25, 0.3) is 0 Å². The molecular formula is C26H32N2O4. The number of fused-ring (bicyclic) bond motifs is 1. The van der Waals surface area contributed by atoms with Crippen LogP contribution < -0.4 is 0 Å². The lowest BCUT2D eigenvalue weighted by Gasteiger charge is -2.29. The Morgan fingerprint density at radius 2 is 1.81 bits per heavy atom. The highest BCUT2D eigenvalue weighted by atomic mass is 16.5. The van der Waals surface area contributed by atoms with E-state index in [1.54, 1.807) is 4.90 Å². The second-order valence-electron chi connectivity index (χ2n) is 8.91. The van der Waals surface area contributed by atoms with Crippen molar-refractivity contribution in [3.05, 3.63) is 59.2 Å². The summed E-state index contributed by atoms with van der Waals surface area (Å²) in [5, 5.41) is 8.63. The zero-order chi connectivity index (χ0) is 22.5. The van der Waals surface area contributed by atoms with Gasteiger partial charge < -0.3 is 19.6 Å². The van der Waals surface area contributed by atoms with Crippen molar-refractivity contribution >= 4 is 11.9 Å². The van der Waals surface area contributed by atoms with Crippen molar-refractivity contribution in [2.24, 2.45) is 0 Å². The fraction of sp³-hybridized carbons (Fsp3) is 0.462. The zero-order valence-corrected chi connectivity index (χ0v) is 18.8. The molecule has 1 fully saturated rings. The summed E-state index contributed by atoms with van der Waals surface area (Å²) < 4.78 is 4.94. The Bertz CT molecular complexity index is 957. The van der Waals surface area contributed by atoms with Gasteiger partial charge in [0.05, 0.1) is 0 Å². The maximum absolute atomic E-state index is 12.3. The number of hydrogen-bond acceptors (Lipinski definition) is 4. The summed E-state index contributed by atoms with van der Waals surface area (Å²) in [6, 6.07) is 16.1. The van der Waals surface area contributed by atoms with Crippen molar-refractivity contribution in [1.82, 2.24) is 9.80 Å². The monoisotopic (exact) mass is 436 g/mol. The van der Waals surface area contributed by atoms with Gasteiger partial charge in [0.15, 0.2) is 0 Å². The Morgan fingerprint density at radius 3 is 2.53 bits per heavy atom. The summed E-state index contributed by atoms with van der Waals surface area (Å²) in [5.41, 5.74) is 6.21. The highest BCUT2D eigenvalue weighted by Gasteiger charge is 2.22. The average molecular weight is 437 g/mol. The van der Waals surface area contributed by atoms with Crippen LogP contribution in [0.2, 0.25) is 0 Å². The molecule has 1 N–H and O–H groups in total. The first kappa shape index (κ1) is 22.5. The number of carboxylic acids is 1. The van der Waals surface area contributed by atoms with E-state index < -0.39 is 12.6 Å². The lowest BCUT2D eigenvalue weighted by Crippen LogP contribution is -2.38. The molecular weight excluding hydrogens is 404 g/mol. The van der Waals surface area contributed by atoms with Gasteiger partial charge in [-0.1, -0.05) is 42.5 Å². The van der Waals surface area contributed by atoms with Crippen molar-refractivity contribution in [2.45, 2.75) is 45.2 Å². The third kappa shape index (κ3) is 5.56. The van der Waals surface area contributed by atoms with E-state index in [0.29, 0.717) is 19.1 Å². The van der Waals surface area contributed by atoms with Crippen LogP contribution in [-0.2, 0) is 33.7 Å². The SMILES string of the molecule is CC1CCCN1CCc1ccc(-c2ccc3c(c2)CCN(C(=O)COCC(=O)O)C3)cc1. The van der Waals surface area contributed by atoms with Gasteiger partial charge in [-0.2, -0.15) is 0 Å². The van der Waals surface area contributed by atoms with Crippen molar-refractivity contribution in [3.63, 3.8) is 0 Å². The molecule has 1 atom stereocenters. The number of carbonyl (C=O) groups is 2. The molecule has 170 valence electrons. The van der Waals surface area contributed by atoms with Crippen LogP contribution >= 0.6 is 0 Å². The van der Waals surface area contributed by atoms with E-state index in [1.165, 1.54) is 41.6 Å². The number of hydrogen-bond donors (Lipinski definition) is 1. The largest absolute Gasteiger partial charge is 0.480 e. The summed E-state index contributed by atoms with van der Waals surface area (Å²) in [4.78, 5) is 27.1. The fourth-order valence-corrected chi connectivity index (χ4v) is 4.72. The normalized spacial score (nSPS) is 18.5. The predicted octanol–water partition coefficient (Wildman–Crippen LogP) is 3.37. The van der Waals surface area contributed by atoms with Gasteiger partial charge >= 0.3 is 5.97 Å². The van der Waals surface area contributed by atoms with Gasteiger partial charge in [-0.3, -0.25) is 4.79 Å². The molecule has 32 heavy (non-hydrogen) atoms. The summed E-state index contributed by atoms with van der Waals surface area (Å²) in [5.74, 6) is -1.23. The molecule has 0 aromatic heterocycles. The minimum atomic E-state index is -1.07. The molecule has 4 rings (SSSR count). The lowest BCUT2D eigenvalue weighted by molar-refractivity contribution is -0.146. The van der Waals surface area contributed by atoms with E-state index in [0.717, 1.165) is 24.9 Å². The number of aliphatic carboxylic acids is 1. The number of rotatable bonds is 8. The van der Waals surface area contributed by atoms with Crippen molar-refractivity contribution < 1.29 is 19.4 Å². The van der Waals surface area contributed by atoms with Gasteiger partial charge in [-0.05, 0) is 67.0 Å². The van der Waals surface area contributed by atoms with Gasteiger partial charge in [0.2, 0.25) is 5.91 Å². The number of carbonyl (C=O) groups excluding carboxylic acids is 1. The molecule has 0 spiro atoms. The standard InChI is InChI=1S/C26H32N2O4/c1-19-3-2-12-27(19)13-10-20-4-6-21(7-5-20)22-8-9-24-16-28(14-11-23(24)15-22)25(29)17-32-18-26(30)31/h4-9,15,19H,2-3,10-14,16-18H2,1H3,(H,30,31). The smallest absolute Gasteiger partial charge is 0.329 e. The molecule has 2 aliphatic rings. The number of carboxylic acid groups (broad SMARTS) is 1. The van der Waals surface area contributed by atoms with E-state index in [4.69, 9.17) is 9.84 Å². The van der Waals surface area contributed by atoms with Crippen molar-refractivity contribution in [3.8, 4) is 11.1 Å². The van der Waals surface area contributed by atoms with Crippen LogP contribution in [0.25, 0.3) is 11.1 Å². The molecule has 0 bridgehead atoms. The number of nitrogens with zero attached hydrogens (tertiary/aromatic N) is 2. The van der Waals surface area contributed by atoms with E-state index in [9.17, 15) is 9.59 Å². The quantitative estimate of drug-likeness (QED) is 0.687. The van der Waals surface area contributed by atoms with Crippen LogP contribution in [0, 0.1) is 0 Å². The predicted molar refractivity (Wildman–Crippen MR) is 123 cm³/mol. The highest BCUT2D eigenvalue weighted by Crippen LogP contribution is 2.27. The topological polar surface area (TPSA) is 70.1 Å². The molecule has 1 saturated heterocycles. The van der Waals surface area contributed by atoms with Crippen LogP contribution in [0.3, 0.4) is 0 Å². The second-order valence-corrected chi connectivity index (χ2v) is 8.91. The number of amides is 1. The molecule has 0 radical (unpaired) electrons. The van der Waals surface area contributed by atoms with Crippen LogP contribution in [0.5, 0.6) is 0 Å². The third-order valence-corrected chi connectivity index (χ3v) is 6.69. The van der Waals surface area contributed by atoms with Gasteiger partial charge in [-0.25, -0.2) is 4.79 Å². The Balaban J connectivity index is 1.34. The molecule has 2 aromatic rings. The first-order valence-corrected chi connectivity index (χ1v) is 11.5. The Labute approximate surface area is 189 Å². The summed E-state index contributed by atoms with van der Waals surface area (Å²) in [6.45, 7) is 5.22. The van der Waals surface area contributed by atoms with Crippen molar-refractivity contribution in [1.29, 1.82) is 0 Å². The minimum absolute atomic E-state index is 0.167. The number of benzene rings is 2. The maximum Gasteiger partial charge on any atom is 0.329 e. The Hall–Kier alpha value is -2.70. The fourth-order valence-electron chi connectivity index (χ4n) is 4.72. The summed E-state index contributed by atoms with van der Waals surface area (Å²) >= 11 is 0. The molecule has 0 aliphatic carbocycles. The first-order chi connectivity index (χ1) is 15.5. The van der Waals surface area contributed by atoms with E-state index in [-0.39, 0.29) is 12.5 Å². The summed E-state index contributed by atoms with van der Waals surface area (Å²) in [7, 11) is 0. The second kappa shape index (κ2) is 10.3. The Kier molecular flexibility index (Phi) is 7.22. The van der Waals surface area contributed by atoms with Crippen molar-refractivity contribution in [2.75, 3.05) is 32.8 Å². The molecule has 1 unspecified atom stereocenters. The molecule has 0 saturated carbocycles. The van der Waals surface area contributed by atoms with E-state index >= 15 is 0 Å². The van der Waals surface area contributed by atoms with Crippen LogP contribution in [0.1, 0.15) is 36.5 Å². The highest BCUT2D eigenvalue weighted by molar-refractivity contribution is 5.78. The molecule has 1 amide bonds. The number of likely N-dealkylation sites (tertiary alicyclic amines) is 1. The number of ether oxygens (including phenoxy) is 1. The third-order valence-electron chi connectivity index (χ3n) is 6.69.